The summed E-state index contributed by atoms with van der Waals surface area (Å²) in [6, 6.07) is 21.3. The number of allylic oxidation sites excluding steroid dienone is 1. The second-order valence-corrected chi connectivity index (χ2v) is 6.59. The zero-order chi connectivity index (χ0) is 17.9. The van der Waals surface area contributed by atoms with E-state index in [1.165, 1.54) is 16.8 Å². The van der Waals surface area contributed by atoms with Gasteiger partial charge in [0.05, 0.1) is 0 Å². The number of ether oxygens (including phenoxy) is 1. The molecule has 0 aliphatic carbocycles. The molecule has 2 nitrogen and oxygen atoms in total. The van der Waals surface area contributed by atoms with Gasteiger partial charge in [0.1, 0.15) is 0 Å². The maximum atomic E-state index is 5.63. The molecule has 25 heavy (non-hydrogen) atoms. The topological polar surface area (TPSA) is 12.5 Å². The predicted molar refractivity (Wildman–Crippen MR) is 102 cm³/mol. The van der Waals surface area contributed by atoms with Crippen LogP contribution in [-0.4, -0.2) is 16.1 Å². The van der Waals surface area contributed by atoms with Gasteiger partial charge < -0.3 is 0 Å². The van der Waals surface area contributed by atoms with Gasteiger partial charge in [-0.15, -0.1) is 0 Å². The summed E-state index contributed by atoms with van der Waals surface area (Å²) in [6.45, 7) is 6.69. The predicted octanol–water partition coefficient (Wildman–Crippen LogP) is 5.09. The fraction of sp³-hybridized carbons (Fsp3) is 0.318. The summed E-state index contributed by atoms with van der Waals surface area (Å²) >= 11 is 3.04. The van der Waals surface area contributed by atoms with Crippen LogP contribution in [-0.2, 0) is 33.7 Å². The van der Waals surface area contributed by atoms with Crippen LogP contribution < -0.4 is 0 Å². The van der Waals surface area contributed by atoms with Crippen molar-refractivity contribution in [2.24, 2.45) is 0 Å². The van der Waals surface area contributed by atoms with E-state index in [1.807, 2.05) is 6.92 Å². The molecule has 0 bridgehead atoms. The first-order valence-corrected chi connectivity index (χ1v) is 9.56. The molecule has 0 saturated heterocycles. The number of hydrogen-bond donors (Lipinski definition) is 0. The summed E-state index contributed by atoms with van der Waals surface area (Å²) in [4.78, 5) is 2.45. The van der Waals surface area contributed by atoms with Crippen LogP contribution in [0, 0.1) is 0 Å². The van der Waals surface area contributed by atoms with Gasteiger partial charge in [0.25, 0.3) is 0 Å². The number of nitrogens with zero attached hydrogens (tertiary/aromatic N) is 1. The average molecular weight is 373 g/mol. The first-order chi connectivity index (χ1) is 12.2. The van der Waals surface area contributed by atoms with Gasteiger partial charge in [0.2, 0.25) is 0 Å². The fourth-order valence-electron chi connectivity index (χ4n) is 2.76. The van der Waals surface area contributed by atoms with E-state index < -0.39 is 0 Å². The molecule has 0 unspecified atom stereocenters. The Balaban J connectivity index is 2.27. The van der Waals surface area contributed by atoms with Gasteiger partial charge in [0.15, 0.2) is 0 Å². The first kappa shape index (κ1) is 19.7. The molecular formula is C22H27CrNO. The van der Waals surface area contributed by atoms with E-state index in [9.17, 15) is 0 Å². The fourth-order valence-corrected chi connectivity index (χ4v) is 3.16. The van der Waals surface area contributed by atoms with Crippen molar-refractivity contribution < 1.29 is 20.6 Å². The summed E-state index contributed by atoms with van der Waals surface area (Å²) in [6.07, 6.45) is 4.28. The molecule has 0 aliphatic heterocycles. The normalized spacial score (nSPS) is 11.4. The van der Waals surface area contributed by atoms with Crippen LogP contribution in [0.25, 0.3) is 0 Å². The van der Waals surface area contributed by atoms with Gasteiger partial charge in [-0.1, -0.05) is 0 Å². The third kappa shape index (κ3) is 7.00. The van der Waals surface area contributed by atoms with Crippen LogP contribution in [0.5, 0.6) is 0 Å². The maximum absolute atomic E-state index is 5.63. The van der Waals surface area contributed by atoms with Crippen molar-refractivity contribution in [1.29, 1.82) is 0 Å². The standard InChI is InChI=1S/C22H27NO.Cr/c1-3-11-22(16-17-24-4-2)23(18-20-12-7-5-8-13-20)19-21-14-9-6-10-15-21;/h5-10,12-16H,3-4,11,18-19H2,1-2H3;/b22-16-;. The Bertz CT molecular complexity index is 625. The van der Waals surface area contributed by atoms with Gasteiger partial charge >= 0.3 is 160 Å². The van der Waals surface area contributed by atoms with Gasteiger partial charge in [-0.3, -0.25) is 0 Å². The SMILES string of the molecule is CCC/C(=C/[C](=[Cr])OCC)N(Cc1ccccc1)Cc1ccccc1. The summed E-state index contributed by atoms with van der Waals surface area (Å²) in [5.74, 6) is 0. The Hall–Kier alpha value is -1.66. The second kappa shape index (κ2) is 11.1. The van der Waals surface area contributed by atoms with Crippen LogP contribution in [0.2, 0.25) is 0 Å². The molecule has 2 rings (SSSR count). The summed E-state index contributed by atoms with van der Waals surface area (Å²) in [7, 11) is 0. The average Bonchev–Trinajstić information content (AvgIpc) is 2.63. The molecule has 0 heterocycles. The Morgan fingerprint density at radius 1 is 0.920 bits per heavy atom. The Kier molecular flexibility index (Phi) is 8.69. The molecule has 0 fully saturated rings. The number of rotatable bonds is 10. The quantitative estimate of drug-likeness (QED) is 0.575. The van der Waals surface area contributed by atoms with Gasteiger partial charge in [0, 0.05) is 0 Å². The molecule has 0 N–H and O–H groups in total. The summed E-state index contributed by atoms with van der Waals surface area (Å²) in [5.41, 5.74) is 3.94. The van der Waals surface area contributed by atoms with Crippen LogP contribution in [0.15, 0.2) is 72.4 Å². The van der Waals surface area contributed by atoms with Gasteiger partial charge in [-0.05, 0) is 0 Å². The van der Waals surface area contributed by atoms with E-state index in [2.05, 4.69) is 94.4 Å². The monoisotopic (exact) mass is 373 g/mol. The Morgan fingerprint density at radius 2 is 1.44 bits per heavy atom. The molecule has 0 radical (unpaired) electrons. The first-order valence-electron chi connectivity index (χ1n) is 8.93. The summed E-state index contributed by atoms with van der Waals surface area (Å²) < 4.78 is 6.49. The zero-order valence-corrected chi connectivity index (χ0v) is 16.4. The van der Waals surface area contributed by atoms with Crippen molar-refractivity contribution in [1.82, 2.24) is 4.90 Å². The van der Waals surface area contributed by atoms with Crippen LogP contribution in [0.1, 0.15) is 37.8 Å². The molecule has 2 aromatic rings. The van der Waals surface area contributed by atoms with E-state index in [1.54, 1.807) is 0 Å². The van der Waals surface area contributed by atoms with Crippen LogP contribution in [0.3, 0.4) is 0 Å². The van der Waals surface area contributed by atoms with Crippen LogP contribution in [0.4, 0.5) is 0 Å². The minimum atomic E-state index is 0.676. The van der Waals surface area contributed by atoms with E-state index in [4.69, 9.17) is 4.74 Å². The Labute approximate surface area is 160 Å². The van der Waals surface area contributed by atoms with Crippen molar-refractivity contribution in [3.05, 3.63) is 83.6 Å². The van der Waals surface area contributed by atoms with Gasteiger partial charge in [-0.2, -0.15) is 0 Å². The molecule has 0 amide bonds. The summed E-state index contributed by atoms with van der Waals surface area (Å²) in [5, 5.41) is 0. The third-order valence-corrected chi connectivity index (χ3v) is 4.28. The molecule has 0 aromatic heterocycles. The van der Waals surface area contributed by atoms with E-state index >= 15 is 0 Å². The van der Waals surface area contributed by atoms with Crippen molar-refractivity contribution in [2.75, 3.05) is 6.61 Å². The number of benzene rings is 2. The van der Waals surface area contributed by atoms with E-state index in [-0.39, 0.29) is 0 Å². The molecule has 0 aliphatic rings. The van der Waals surface area contributed by atoms with Crippen molar-refractivity contribution in [3.8, 4) is 0 Å². The van der Waals surface area contributed by atoms with E-state index in [0.717, 1.165) is 30.5 Å². The third-order valence-electron chi connectivity index (χ3n) is 3.92. The zero-order valence-electron chi connectivity index (χ0n) is 15.2. The molecular weight excluding hydrogens is 346 g/mol. The van der Waals surface area contributed by atoms with Crippen molar-refractivity contribution in [3.63, 3.8) is 0 Å². The van der Waals surface area contributed by atoms with Crippen molar-refractivity contribution >= 4 is 4.57 Å². The Morgan fingerprint density at radius 3 is 1.88 bits per heavy atom. The molecule has 132 valence electrons. The second-order valence-electron chi connectivity index (χ2n) is 5.96. The molecule has 0 atom stereocenters. The molecule has 2 aromatic carbocycles. The van der Waals surface area contributed by atoms with Crippen LogP contribution >= 0.6 is 0 Å². The number of hydrogen-bond acceptors (Lipinski definition) is 2. The van der Waals surface area contributed by atoms with E-state index in [0.29, 0.717) is 6.61 Å². The molecule has 3 heteroatoms. The van der Waals surface area contributed by atoms with Crippen molar-refractivity contribution in [2.45, 2.75) is 39.8 Å². The molecule has 0 saturated carbocycles. The minimum absolute atomic E-state index is 0.676. The van der Waals surface area contributed by atoms with Gasteiger partial charge in [-0.25, -0.2) is 0 Å². The molecule has 0 spiro atoms.